The van der Waals surface area contributed by atoms with Crippen LogP contribution in [0.1, 0.15) is 67.1 Å². The van der Waals surface area contributed by atoms with Gasteiger partial charge in [-0.3, -0.25) is 4.79 Å². The van der Waals surface area contributed by atoms with Crippen molar-refractivity contribution in [2.24, 2.45) is 0 Å². The molecule has 180 valence electrons. The van der Waals surface area contributed by atoms with E-state index in [0.717, 1.165) is 40.6 Å². The molecule has 2 N–H and O–H groups in total. The number of carboxylic acid groups (broad SMARTS) is 2. The number of carbonyl (C=O) groups excluding carboxylic acids is 1. The minimum atomic E-state index is -1.82. The molecule has 33 heavy (non-hydrogen) atoms. The Bertz CT molecular complexity index is 889. The second-order valence-corrected chi connectivity index (χ2v) is 9.20. The number of aliphatic carboxylic acids is 2. The van der Waals surface area contributed by atoms with Crippen LogP contribution < -0.4 is 0 Å². The molecule has 0 aliphatic carbocycles. The minimum Gasteiger partial charge on any atom is -0.473 e. The van der Waals surface area contributed by atoms with Gasteiger partial charge in [0.15, 0.2) is 5.78 Å². The van der Waals surface area contributed by atoms with Gasteiger partial charge in [-0.25, -0.2) is 14.6 Å². The summed E-state index contributed by atoms with van der Waals surface area (Å²) >= 11 is 1.72. The Balaban J connectivity index is 0.000000801. The number of nitrogens with zero attached hydrogens (tertiary/aromatic N) is 2. The lowest BCUT2D eigenvalue weighted by Crippen LogP contribution is -2.12. The molecule has 8 heteroatoms. The summed E-state index contributed by atoms with van der Waals surface area (Å²) in [7, 11) is 4.24. The van der Waals surface area contributed by atoms with Gasteiger partial charge in [-0.2, -0.15) is 0 Å². The summed E-state index contributed by atoms with van der Waals surface area (Å²) in [6, 6.07) is 13.4. The van der Waals surface area contributed by atoms with Crippen LogP contribution in [0.15, 0.2) is 47.5 Å². The Labute approximate surface area is 200 Å². The van der Waals surface area contributed by atoms with Gasteiger partial charge in [0.2, 0.25) is 0 Å². The Hall–Kier alpha value is -2.71. The van der Waals surface area contributed by atoms with Crippen molar-refractivity contribution in [2.45, 2.75) is 50.5 Å². The van der Waals surface area contributed by atoms with Crippen LogP contribution in [-0.4, -0.2) is 64.2 Å². The van der Waals surface area contributed by atoms with Gasteiger partial charge in [-0.05, 0) is 57.3 Å². The number of rotatable bonds is 11. The fourth-order valence-corrected chi connectivity index (χ4v) is 3.88. The number of unbranched alkanes of at least 4 members (excludes halogenated alkanes) is 3. The molecule has 0 radical (unpaired) electrons. The van der Waals surface area contributed by atoms with Crippen LogP contribution in [0.3, 0.4) is 0 Å². The summed E-state index contributed by atoms with van der Waals surface area (Å²) < 4.78 is 0. The summed E-state index contributed by atoms with van der Waals surface area (Å²) in [4.78, 5) is 38.2. The molecule has 0 atom stereocenters. The van der Waals surface area contributed by atoms with Gasteiger partial charge in [0.1, 0.15) is 5.03 Å². The third-order valence-electron chi connectivity index (χ3n) is 4.68. The fraction of sp³-hybridized carbons (Fsp3) is 0.440. The summed E-state index contributed by atoms with van der Waals surface area (Å²) in [6.07, 6.45) is 4.89. The maximum Gasteiger partial charge on any atom is 0.414 e. The largest absolute Gasteiger partial charge is 0.473 e. The predicted molar refractivity (Wildman–Crippen MR) is 131 cm³/mol. The molecule has 0 fully saturated rings. The van der Waals surface area contributed by atoms with Gasteiger partial charge >= 0.3 is 11.9 Å². The molecular formula is C25H34N2O5S. The molecule has 0 amide bonds. The third kappa shape index (κ3) is 11.1. The Morgan fingerprint density at radius 2 is 1.52 bits per heavy atom. The van der Waals surface area contributed by atoms with Crippen LogP contribution in [0.2, 0.25) is 0 Å². The van der Waals surface area contributed by atoms with Crippen molar-refractivity contribution in [3.05, 3.63) is 59.3 Å². The van der Waals surface area contributed by atoms with Crippen LogP contribution in [0.25, 0.3) is 0 Å². The van der Waals surface area contributed by atoms with E-state index >= 15 is 0 Å². The smallest absolute Gasteiger partial charge is 0.414 e. The van der Waals surface area contributed by atoms with Crippen LogP contribution in [0.5, 0.6) is 0 Å². The van der Waals surface area contributed by atoms with E-state index in [-0.39, 0.29) is 5.78 Å². The average molecular weight is 475 g/mol. The summed E-state index contributed by atoms with van der Waals surface area (Å²) in [6.45, 7) is 5.43. The molecule has 1 aromatic carbocycles. The molecule has 0 aliphatic rings. The molecule has 0 bridgehead atoms. The zero-order valence-corrected chi connectivity index (χ0v) is 20.6. The normalized spacial score (nSPS) is 10.6. The standard InChI is InChI=1S/C23H32N2OS.C2H2O4/c1-18(2)21-15-14-20(22(26)19-12-8-7-9-13-19)23(24-21)27-17-11-6-5-10-16-25(3)4;3-1(4)2(5)6/h7-9,12-15,18H,5-6,10-11,16-17H2,1-4H3;(H,3,4)(H,5,6). The van der Waals surface area contributed by atoms with E-state index in [1.807, 2.05) is 42.5 Å². The van der Waals surface area contributed by atoms with Crippen molar-refractivity contribution in [3.63, 3.8) is 0 Å². The van der Waals surface area contributed by atoms with Crippen LogP contribution in [-0.2, 0) is 9.59 Å². The number of ketones is 1. The molecule has 1 aromatic heterocycles. The lowest BCUT2D eigenvalue weighted by Gasteiger charge is -2.12. The second kappa shape index (κ2) is 15.2. The van der Waals surface area contributed by atoms with E-state index in [1.54, 1.807) is 11.8 Å². The zero-order valence-electron chi connectivity index (χ0n) is 19.8. The first kappa shape index (κ1) is 28.3. The zero-order chi connectivity index (χ0) is 24.8. The molecular weight excluding hydrogens is 440 g/mol. The molecule has 2 aromatic rings. The SMILES string of the molecule is CC(C)c1ccc(C(=O)c2ccccc2)c(SCCCCCCN(C)C)n1.O=C(O)C(=O)O. The Morgan fingerprint density at radius 1 is 0.909 bits per heavy atom. The molecule has 0 unspecified atom stereocenters. The maximum atomic E-state index is 12.9. The van der Waals surface area contributed by atoms with Crippen molar-refractivity contribution < 1.29 is 24.6 Å². The highest BCUT2D eigenvalue weighted by Crippen LogP contribution is 2.27. The van der Waals surface area contributed by atoms with E-state index in [0.29, 0.717) is 5.92 Å². The highest BCUT2D eigenvalue weighted by atomic mass is 32.2. The molecule has 2 rings (SSSR count). The average Bonchev–Trinajstić information content (AvgIpc) is 2.78. The predicted octanol–water partition coefficient (Wildman–Crippen LogP) is 4.81. The first-order chi connectivity index (χ1) is 15.6. The number of aromatic nitrogens is 1. The van der Waals surface area contributed by atoms with Crippen molar-refractivity contribution in [2.75, 3.05) is 26.4 Å². The number of hydrogen-bond donors (Lipinski definition) is 2. The first-order valence-electron chi connectivity index (χ1n) is 11.0. The fourth-order valence-electron chi connectivity index (χ4n) is 2.86. The van der Waals surface area contributed by atoms with Crippen molar-refractivity contribution >= 4 is 29.5 Å². The van der Waals surface area contributed by atoms with Gasteiger partial charge in [0, 0.05) is 11.3 Å². The number of hydrogen-bond acceptors (Lipinski definition) is 6. The summed E-state index contributed by atoms with van der Waals surface area (Å²) in [5, 5.41) is 15.7. The molecule has 0 saturated heterocycles. The van der Waals surface area contributed by atoms with Crippen LogP contribution in [0.4, 0.5) is 0 Å². The number of benzene rings is 1. The quantitative estimate of drug-likeness (QED) is 0.207. The monoisotopic (exact) mass is 474 g/mol. The third-order valence-corrected chi connectivity index (χ3v) is 5.75. The van der Waals surface area contributed by atoms with Gasteiger partial charge in [-0.1, -0.05) is 57.0 Å². The van der Waals surface area contributed by atoms with Gasteiger partial charge in [0.05, 0.1) is 5.56 Å². The van der Waals surface area contributed by atoms with Crippen LogP contribution in [0, 0.1) is 0 Å². The van der Waals surface area contributed by atoms with Crippen molar-refractivity contribution in [3.8, 4) is 0 Å². The van der Waals surface area contributed by atoms with Crippen LogP contribution >= 0.6 is 11.8 Å². The minimum absolute atomic E-state index is 0.0619. The van der Waals surface area contributed by atoms with Gasteiger partial charge in [0.25, 0.3) is 0 Å². The topological polar surface area (TPSA) is 108 Å². The highest BCUT2D eigenvalue weighted by Gasteiger charge is 2.16. The van der Waals surface area contributed by atoms with Gasteiger partial charge < -0.3 is 15.1 Å². The number of thioether (sulfide) groups is 1. The molecule has 0 saturated carbocycles. The van der Waals surface area contributed by atoms with E-state index in [1.165, 1.54) is 19.3 Å². The highest BCUT2D eigenvalue weighted by molar-refractivity contribution is 7.99. The van der Waals surface area contributed by atoms with Crippen molar-refractivity contribution in [1.82, 2.24) is 9.88 Å². The first-order valence-corrected chi connectivity index (χ1v) is 12.0. The number of carbonyl (C=O) groups is 3. The van der Waals surface area contributed by atoms with E-state index in [9.17, 15) is 4.79 Å². The van der Waals surface area contributed by atoms with E-state index in [4.69, 9.17) is 24.8 Å². The Kier molecular flexibility index (Phi) is 13.0. The lowest BCUT2D eigenvalue weighted by molar-refractivity contribution is -0.159. The number of carboxylic acids is 2. The Morgan fingerprint density at radius 3 is 2.06 bits per heavy atom. The number of pyridine rings is 1. The van der Waals surface area contributed by atoms with Gasteiger partial charge in [-0.15, -0.1) is 11.8 Å². The molecule has 0 aliphatic heterocycles. The molecule has 1 heterocycles. The molecule has 0 spiro atoms. The maximum absolute atomic E-state index is 12.9. The molecule has 7 nitrogen and oxygen atoms in total. The van der Waals surface area contributed by atoms with Crippen molar-refractivity contribution in [1.29, 1.82) is 0 Å². The summed E-state index contributed by atoms with van der Waals surface area (Å²) in [5.74, 6) is -2.22. The second-order valence-electron chi connectivity index (χ2n) is 8.11. The summed E-state index contributed by atoms with van der Waals surface area (Å²) in [5.41, 5.74) is 2.50. The van der Waals surface area contributed by atoms with E-state index < -0.39 is 11.9 Å². The van der Waals surface area contributed by atoms with E-state index in [2.05, 4.69) is 32.8 Å². The lowest BCUT2D eigenvalue weighted by atomic mass is 10.0.